The van der Waals surface area contributed by atoms with E-state index in [1.54, 1.807) is 0 Å². The van der Waals surface area contributed by atoms with E-state index < -0.39 is 30.3 Å². The predicted molar refractivity (Wildman–Crippen MR) is 105 cm³/mol. The first kappa shape index (κ1) is 21.8. The molecule has 0 aromatic heterocycles. The lowest BCUT2D eigenvalue weighted by atomic mass is 9.88. The van der Waals surface area contributed by atoms with Crippen molar-refractivity contribution in [3.8, 4) is 0 Å². The molecule has 1 aliphatic heterocycles. The molecule has 1 atom stereocenters. The highest BCUT2D eigenvalue weighted by Gasteiger charge is 2.50. The van der Waals surface area contributed by atoms with Gasteiger partial charge in [0.2, 0.25) is 0 Å². The van der Waals surface area contributed by atoms with Gasteiger partial charge in [-0.2, -0.15) is 8.78 Å². The van der Waals surface area contributed by atoms with Crippen LogP contribution in [0.15, 0.2) is 54.5 Å². The van der Waals surface area contributed by atoms with Crippen molar-refractivity contribution in [2.75, 3.05) is 0 Å². The molecule has 0 N–H and O–H groups in total. The predicted octanol–water partition coefficient (Wildman–Crippen LogP) is 5.36. The highest BCUT2D eigenvalue weighted by atomic mass is 19.3. The van der Waals surface area contributed by atoms with E-state index >= 15 is 0 Å². The number of hydrogen-bond acceptors (Lipinski definition) is 3. The fraction of sp³-hybridized carbons (Fsp3) is 0.524. The van der Waals surface area contributed by atoms with Gasteiger partial charge in [-0.25, -0.2) is 0 Å². The van der Waals surface area contributed by atoms with Gasteiger partial charge in [-0.15, -0.1) is 0 Å². The maximum absolute atomic E-state index is 14.6. The summed E-state index contributed by atoms with van der Waals surface area (Å²) in [5.41, 5.74) is -0.207. The van der Waals surface area contributed by atoms with Crippen LogP contribution in [-0.2, 0) is 20.7 Å². The van der Waals surface area contributed by atoms with Gasteiger partial charge in [-0.1, -0.05) is 55.4 Å². The number of allylic oxidation sites excluding steroid dienone is 1. The van der Waals surface area contributed by atoms with E-state index in [-0.39, 0.29) is 6.61 Å². The second-order valence-corrected chi connectivity index (χ2v) is 7.71. The first-order valence-electron chi connectivity index (χ1n) is 9.32. The van der Waals surface area contributed by atoms with E-state index in [1.807, 2.05) is 65.0 Å². The third kappa shape index (κ3) is 5.74. The van der Waals surface area contributed by atoms with E-state index in [4.69, 9.17) is 14.0 Å². The summed E-state index contributed by atoms with van der Waals surface area (Å²) in [6.07, 6.45) is 2.80. The number of halogens is 2. The Morgan fingerprint density at radius 2 is 1.70 bits per heavy atom. The molecule has 1 aromatic carbocycles. The van der Waals surface area contributed by atoms with Crippen molar-refractivity contribution >= 4 is 7.12 Å². The fourth-order valence-corrected chi connectivity index (χ4v) is 2.58. The summed E-state index contributed by atoms with van der Waals surface area (Å²) in [4.78, 5) is 0. The van der Waals surface area contributed by atoms with E-state index in [2.05, 4.69) is 0 Å². The van der Waals surface area contributed by atoms with Crippen molar-refractivity contribution in [1.82, 2.24) is 0 Å². The van der Waals surface area contributed by atoms with Gasteiger partial charge < -0.3 is 14.0 Å². The largest absolute Gasteiger partial charge is 0.486 e. The van der Waals surface area contributed by atoms with Gasteiger partial charge in [0.05, 0.1) is 17.8 Å². The normalized spacial score (nSPS) is 20.6. The maximum atomic E-state index is 14.6. The van der Waals surface area contributed by atoms with Crippen LogP contribution < -0.4 is 0 Å². The quantitative estimate of drug-likeness (QED) is 0.450. The SMILES string of the molecule is CCC=CC(F)(F)C(C=CB1OC(C)(C)C(C)(C)O1)OCc1ccccc1. The van der Waals surface area contributed by atoms with Crippen LogP contribution in [0.1, 0.15) is 46.6 Å². The molecule has 0 saturated carbocycles. The molecule has 27 heavy (non-hydrogen) atoms. The molecule has 0 amide bonds. The second kappa shape index (κ2) is 8.67. The molecule has 1 aromatic rings. The lowest BCUT2D eigenvalue weighted by Gasteiger charge is -2.32. The molecule has 0 aliphatic carbocycles. The summed E-state index contributed by atoms with van der Waals surface area (Å²) in [7, 11) is -0.691. The standard InChI is InChI=1S/C21H29BF2O3/c1-6-7-14-21(23,24)18(25-16-17-11-9-8-10-12-17)13-15-22-26-19(2,3)20(4,5)27-22/h7-15,18H,6,16H2,1-5H3. The third-order valence-corrected chi connectivity index (χ3v) is 4.94. The summed E-state index contributed by atoms with van der Waals surface area (Å²) in [6.45, 7) is 9.58. The van der Waals surface area contributed by atoms with Crippen LogP contribution in [0.5, 0.6) is 0 Å². The molecule has 148 valence electrons. The molecule has 1 aliphatic rings. The Morgan fingerprint density at radius 3 is 2.26 bits per heavy atom. The van der Waals surface area contributed by atoms with Crippen molar-refractivity contribution in [1.29, 1.82) is 0 Å². The average molecular weight is 378 g/mol. The van der Waals surface area contributed by atoms with Gasteiger partial charge in [0.25, 0.3) is 5.92 Å². The minimum Gasteiger partial charge on any atom is -0.400 e. The minimum atomic E-state index is -3.13. The van der Waals surface area contributed by atoms with Crippen molar-refractivity contribution in [2.45, 2.75) is 70.9 Å². The van der Waals surface area contributed by atoms with Gasteiger partial charge in [0, 0.05) is 0 Å². The summed E-state index contributed by atoms with van der Waals surface area (Å²) in [6, 6.07) is 9.26. The van der Waals surface area contributed by atoms with E-state index in [1.165, 1.54) is 18.1 Å². The van der Waals surface area contributed by atoms with Crippen molar-refractivity contribution in [3.63, 3.8) is 0 Å². The summed E-state index contributed by atoms with van der Waals surface area (Å²) in [5, 5.41) is 0. The molecular weight excluding hydrogens is 349 g/mol. The Hall–Kier alpha value is -1.50. The zero-order chi connectivity index (χ0) is 20.1. The highest BCUT2D eigenvalue weighted by Crippen LogP contribution is 2.37. The van der Waals surface area contributed by atoms with E-state index in [0.29, 0.717) is 6.42 Å². The van der Waals surface area contributed by atoms with E-state index in [9.17, 15) is 8.78 Å². The Bertz CT molecular complexity index is 641. The zero-order valence-electron chi connectivity index (χ0n) is 16.7. The summed E-state index contributed by atoms with van der Waals surface area (Å²) in [5.74, 6) is -1.62. The van der Waals surface area contributed by atoms with Gasteiger partial charge in [0.15, 0.2) is 0 Å². The Labute approximate surface area is 161 Å². The molecule has 1 unspecified atom stereocenters. The fourth-order valence-electron chi connectivity index (χ4n) is 2.58. The number of ether oxygens (including phenoxy) is 1. The van der Waals surface area contributed by atoms with Gasteiger partial charge in [-0.05, 0) is 45.8 Å². The molecular formula is C21H29BF2O3. The number of hydrogen-bond donors (Lipinski definition) is 0. The van der Waals surface area contributed by atoms with Crippen LogP contribution in [0.4, 0.5) is 8.78 Å². The lowest BCUT2D eigenvalue weighted by molar-refractivity contribution is -0.0880. The van der Waals surface area contributed by atoms with Crippen LogP contribution in [0.2, 0.25) is 0 Å². The molecule has 2 rings (SSSR count). The number of rotatable bonds is 8. The topological polar surface area (TPSA) is 27.7 Å². The van der Waals surface area contributed by atoms with Gasteiger partial charge in [0.1, 0.15) is 6.10 Å². The second-order valence-electron chi connectivity index (χ2n) is 7.71. The zero-order valence-corrected chi connectivity index (χ0v) is 16.7. The van der Waals surface area contributed by atoms with Crippen molar-refractivity contribution in [2.24, 2.45) is 0 Å². The number of benzene rings is 1. The van der Waals surface area contributed by atoms with Crippen LogP contribution in [-0.4, -0.2) is 30.3 Å². The molecule has 6 heteroatoms. The number of alkyl halides is 2. The van der Waals surface area contributed by atoms with Crippen LogP contribution in [0.3, 0.4) is 0 Å². The van der Waals surface area contributed by atoms with Gasteiger partial charge in [-0.3, -0.25) is 0 Å². The first-order chi connectivity index (χ1) is 12.6. The van der Waals surface area contributed by atoms with Crippen LogP contribution >= 0.6 is 0 Å². The van der Waals surface area contributed by atoms with Gasteiger partial charge >= 0.3 is 7.12 Å². The first-order valence-corrected chi connectivity index (χ1v) is 9.32. The van der Waals surface area contributed by atoms with Crippen molar-refractivity contribution < 1.29 is 22.8 Å². The molecule has 1 saturated heterocycles. The van der Waals surface area contributed by atoms with Crippen LogP contribution in [0.25, 0.3) is 0 Å². The minimum absolute atomic E-state index is 0.0920. The Balaban J connectivity index is 2.13. The van der Waals surface area contributed by atoms with E-state index in [0.717, 1.165) is 11.6 Å². The summed E-state index contributed by atoms with van der Waals surface area (Å²) < 4.78 is 46.5. The Morgan fingerprint density at radius 1 is 1.11 bits per heavy atom. The third-order valence-electron chi connectivity index (χ3n) is 4.94. The molecule has 3 nitrogen and oxygen atoms in total. The average Bonchev–Trinajstić information content (AvgIpc) is 2.80. The smallest absolute Gasteiger partial charge is 0.400 e. The van der Waals surface area contributed by atoms with Crippen molar-refractivity contribution in [3.05, 3.63) is 60.1 Å². The Kier molecular flexibility index (Phi) is 7.00. The highest BCUT2D eigenvalue weighted by molar-refractivity contribution is 6.51. The molecule has 0 bridgehead atoms. The molecule has 1 fully saturated rings. The molecule has 0 spiro atoms. The summed E-state index contributed by atoms with van der Waals surface area (Å²) >= 11 is 0. The monoisotopic (exact) mass is 378 g/mol. The lowest BCUT2D eigenvalue weighted by Crippen LogP contribution is -2.41. The van der Waals surface area contributed by atoms with Crippen LogP contribution in [0, 0.1) is 0 Å². The molecule has 0 radical (unpaired) electrons. The maximum Gasteiger partial charge on any atom is 0.486 e. The molecule has 1 heterocycles.